The minimum Gasteiger partial charge on any atom is -0.313 e. The van der Waals surface area contributed by atoms with Crippen LogP contribution in [0.5, 0.6) is 0 Å². The number of halogens is 1. The van der Waals surface area contributed by atoms with Crippen LogP contribution in [-0.4, -0.2) is 11.8 Å². The van der Waals surface area contributed by atoms with Gasteiger partial charge in [0.05, 0.1) is 0 Å². The third-order valence-electron chi connectivity index (χ3n) is 2.85. The molecule has 1 unspecified atom stereocenters. The maximum atomic E-state index is 6.27. The zero-order valence-electron chi connectivity index (χ0n) is 11.1. The smallest absolute Gasteiger partial charge is 0.0462 e. The Bertz CT molecular complexity index is 352. The van der Waals surface area contributed by atoms with E-state index < -0.39 is 0 Å². The third-order valence-corrected chi connectivity index (χ3v) is 4.64. The number of nitrogens with one attached hydrogen (secondary N) is 1. The standard InChI is InChI=1S/C14H22ClNS/c1-5-16-9-12-6-7-13(8-14(12)15)17-11(4)10(2)3/h6-8,10-11,16H,5,9H2,1-4H3. The Morgan fingerprint density at radius 3 is 2.53 bits per heavy atom. The van der Waals surface area contributed by atoms with Crippen LogP contribution in [0.4, 0.5) is 0 Å². The van der Waals surface area contributed by atoms with Crippen molar-refractivity contribution in [1.29, 1.82) is 0 Å². The molecule has 0 aliphatic heterocycles. The number of rotatable bonds is 6. The molecule has 3 heteroatoms. The summed E-state index contributed by atoms with van der Waals surface area (Å²) in [4.78, 5) is 1.26. The SMILES string of the molecule is CCNCc1ccc(SC(C)C(C)C)cc1Cl. The van der Waals surface area contributed by atoms with Crippen LogP contribution in [0.1, 0.15) is 33.3 Å². The lowest BCUT2D eigenvalue weighted by molar-refractivity contribution is 0.642. The first kappa shape index (κ1) is 14.9. The van der Waals surface area contributed by atoms with E-state index in [2.05, 4.69) is 51.2 Å². The van der Waals surface area contributed by atoms with Crippen LogP contribution in [-0.2, 0) is 6.54 Å². The molecule has 0 saturated carbocycles. The lowest BCUT2D eigenvalue weighted by Gasteiger charge is -2.15. The Labute approximate surface area is 114 Å². The van der Waals surface area contributed by atoms with Crippen molar-refractivity contribution in [3.05, 3.63) is 28.8 Å². The van der Waals surface area contributed by atoms with E-state index in [1.54, 1.807) is 0 Å². The molecule has 0 saturated heterocycles. The van der Waals surface area contributed by atoms with Gasteiger partial charge in [-0.25, -0.2) is 0 Å². The minimum atomic E-state index is 0.616. The quantitative estimate of drug-likeness (QED) is 0.760. The lowest BCUT2D eigenvalue weighted by atomic mass is 10.2. The molecule has 0 aliphatic rings. The van der Waals surface area contributed by atoms with Gasteiger partial charge in [0.25, 0.3) is 0 Å². The molecule has 1 aromatic carbocycles. The molecule has 96 valence electrons. The highest BCUT2D eigenvalue weighted by atomic mass is 35.5. The van der Waals surface area contributed by atoms with Gasteiger partial charge in [0.15, 0.2) is 0 Å². The summed E-state index contributed by atoms with van der Waals surface area (Å²) >= 11 is 8.17. The monoisotopic (exact) mass is 271 g/mol. The Balaban J connectivity index is 2.68. The van der Waals surface area contributed by atoms with Gasteiger partial charge in [0.1, 0.15) is 0 Å². The molecule has 0 aromatic heterocycles. The number of hydrogen-bond acceptors (Lipinski definition) is 2. The zero-order valence-corrected chi connectivity index (χ0v) is 12.7. The van der Waals surface area contributed by atoms with Crippen LogP contribution in [0.25, 0.3) is 0 Å². The molecule has 0 amide bonds. The molecule has 0 radical (unpaired) electrons. The van der Waals surface area contributed by atoms with E-state index in [0.717, 1.165) is 18.1 Å². The van der Waals surface area contributed by atoms with Crippen molar-refractivity contribution in [3.8, 4) is 0 Å². The molecule has 1 N–H and O–H groups in total. The molecule has 0 aliphatic carbocycles. The van der Waals surface area contributed by atoms with Crippen LogP contribution in [0.15, 0.2) is 23.1 Å². The molecule has 1 rings (SSSR count). The molecule has 0 bridgehead atoms. The van der Waals surface area contributed by atoms with Gasteiger partial charge < -0.3 is 5.32 Å². The van der Waals surface area contributed by atoms with Gasteiger partial charge in [-0.2, -0.15) is 0 Å². The average molecular weight is 272 g/mol. The van der Waals surface area contributed by atoms with Crippen molar-refractivity contribution in [2.75, 3.05) is 6.54 Å². The second kappa shape index (κ2) is 7.30. The van der Waals surface area contributed by atoms with Gasteiger partial charge in [0.2, 0.25) is 0 Å². The van der Waals surface area contributed by atoms with E-state index >= 15 is 0 Å². The zero-order chi connectivity index (χ0) is 12.8. The second-order valence-electron chi connectivity index (χ2n) is 4.60. The first-order valence-electron chi connectivity index (χ1n) is 6.20. The highest BCUT2D eigenvalue weighted by molar-refractivity contribution is 8.00. The molecular weight excluding hydrogens is 250 g/mol. The van der Waals surface area contributed by atoms with E-state index in [-0.39, 0.29) is 0 Å². The van der Waals surface area contributed by atoms with Crippen molar-refractivity contribution in [3.63, 3.8) is 0 Å². The molecule has 0 spiro atoms. The van der Waals surface area contributed by atoms with E-state index in [1.165, 1.54) is 10.5 Å². The maximum absolute atomic E-state index is 6.27. The predicted molar refractivity (Wildman–Crippen MR) is 79.0 cm³/mol. The highest BCUT2D eigenvalue weighted by Gasteiger charge is 2.10. The summed E-state index contributed by atoms with van der Waals surface area (Å²) in [6.07, 6.45) is 0. The lowest BCUT2D eigenvalue weighted by Crippen LogP contribution is -2.12. The number of benzene rings is 1. The molecule has 1 aromatic rings. The summed E-state index contributed by atoms with van der Waals surface area (Å²) in [5, 5.41) is 4.78. The number of hydrogen-bond donors (Lipinski definition) is 1. The highest BCUT2D eigenvalue weighted by Crippen LogP contribution is 2.30. The van der Waals surface area contributed by atoms with Gasteiger partial charge in [0, 0.05) is 21.7 Å². The molecular formula is C14H22ClNS. The maximum Gasteiger partial charge on any atom is 0.0462 e. The summed E-state index contributed by atoms with van der Waals surface area (Å²) in [5.74, 6) is 0.681. The minimum absolute atomic E-state index is 0.616. The Morgan fingerprint density at radius 1 is 1.29 bits per heavy atom. The van der Waals surface area contributed by atoms with Gasteiger partial charge in [-0.15, -0.1) is 11.8 Å². The van der Waals surface area contributed by atoms with Gasteiger partial charge >= 0.3 is 0 Å². The average Bonchev–Trinajstić information content (AvgIpc) is 2.28. The third kappa shape index (κ3) is 4.90. The first-order chi connectivity index (χ1) is 8.04. The Kier molecular flexibility index (Phi) is 6.39. The largest absolute Gasteiger partial charge is 0.313 e. The fourth-order valence-electron chi connectivity index (χ4n) is 1.36. The molecule has 0 heterocycles. The van der Waals surface area contributed by atoms with Crippen LogP contribution in [0.2, 0.25) is 5.02 Å². The van der Waals surface area contributed by atoms with Crippen molar-refractivity contribution in [1.82, 2.24) is 5.32 Å². The van der Waals surface area contributed by atoms with Crippen molar-refractivity contribution in [2.45, 2.75) is 44.4 Å². The van der Waals surface area contributed by atoms with Crippen LogP contribution in [0.3, 0.4) is 0 Å². The summed E-state index contributed by atoms with van der Waals surface area (Å²) < 4.78 is 0. The Hall–Kier alpha value is -0.180. The van der Waals surface area contributed by atoms with Gasteiger partial charge in [-0.1, -0.05) is 45.4 Å². The van der Waals surface area contributed by atoms with Gasteiger partial charge in [-0.3, -0.25) is 0 Å². The summed E-state index contributed by atoms with van der Waals surface area (Å²) in [6.45, 7) is 10.7. The van der Waals surface area contributed by atoms with E-state index in [4.69, 9.17) is 11.6 Å². The first-order valence-corrected chi connectivity index (χ1v) is 7.46. The second-order valence-corrected chi connectivity index (χ2v) is 6.46. The molecule has 1 atom stereocenters. The van der Waals surface area contributed by atoms with Crippen molar-refractivity contribution >= 4 is 23.4 Å². The summed E-state index contributed by atoms with van der Waals surface area (Å²) in [6, 6.07) is 6.38. The molecule has 1 nitrogen and oxygen atoms in total. The van der Waals surface area contributed by atoms with E-state index in [0.29, 0.717) is 11.2 Å². The van der Waals surface area contributed by atoms with Gasteiger partial charge in [-0.05, 0) is 30.2 Å². The topological polar surface area (TPSA) is 12.0 Å². The van der Waals surface area contributed by atoms with Crippen molar-refractivity contribution in [2.24, 2.45) is 5.92 Å². The van der Waals surface area contributed by atoms with Crippen molar-refractivity contribution < 1.29 is 0 Å². The predicted octanol–water partition coefficient (Wildman–Crippen LogP) is 4.59. The molecule has 0 fully saturated rings. The van der Waals surface area contributed by atoms with Crippen LogP contribution in [0, 0.1) is 5.92 Å². The summed E-state index contributed by atoms with van der Waals surface area (Å²) in [7, 11) is 0. The fraction of sp³-hybridized carbons (Fsp3) is 0.571. The molecule has 17 heavy (non-hydrogen) atoms. The van der Waals surface area contributed by atoms with Crippen LogP contribution >= 0.6 is 23.4 Å². The van der Waals surface area contributed by atoms with E-state index in [9.17, 15) is 0 Å². The Morgan fingerprint density at radius 2 is 2.00 bits per heavy atom. The van der Waals surface area contributed by atoms with E-state index in [1.807, 2.05) is 11.8 Å². The summed E-state index contributed by atoms with van der Waals surface area (Å²) in [5.41, 5.74) is 1.18. The fourth-order valence-corrected chi connectivity index (χ4v) is 2.70. The number of thioether (sulfide) groups is 1. The van der Waals surface area contributed by atoms with Crippen LogP contribution < -0.4 is 5.32 Å². The normalized spacial score (nSPS) is 13.1.